The molecule has 31 heavy (non-hydrogen) atoms. The maximum absolute atomic E-state index is 13.3. The molecule has 0 radical (unpaired) electrons. The van der Waals surface area contributed by atoms with Gasteiger partial charge in [-0.1, -0.05) is 12.1 Å². The van der Waals surface area contributed by atoms with Crippen molar-refractivity contribution in [1.82, 2.24) is 5.32 Å². The van der Waals surface area contributed by atoms with Gasteiger partial charge < -0.3 is 10.1 Å². The van der Waals surface area contributed by atoms with E-state index >= 15 is 0 Å². The number of ether oxygens (including phenoxy) is 1. The Morgan fingerprint density at radius 3 is 2.29 bits per heavy atom. The van der Waals surface area contributed by atoms with Crippen LogP contribution in [-0.4, -0.2) is 20.9 Å². The first kappa shape index (κ1) is 22.3. The molecule has 3 aromatic rings. The zero-order chi connectivity index (χ0) is 22.4. The summed E-state index contributed by atoms with van der Waals surface area (Å²) in [6.45, 7) is 4.28. The molecule has 3 aromatic carbocycles. The Morgan fingerprint density at radius 1 is 1.00 bits per heavy atom. The number of hydrogen-bond acceptors (Lipinski definition) is 4. The molecule has 0 spiro atoms. The van der Waals surface area contributed by atoms with Crippen molar-refractivity contribution in [3.05, 3.63) is 89.2 Å². The number of aryl methyl sites for hydroxylation is 1. The van der Waals surface area contributed by atoms with Gasteiger partial charge in [-0.3, -0.25) is 9.52 Å². The Balaban J connectivity index is 1.63. The van der Waals surface area contributed by atoms with E-state index in [9.17, 15) is 17.6 Å². The molecule has 2 N–H and O–H groups in total. The van der Waals surface area contributed by atoms with Crippen LogP contribution in [0.5, 0.6) is 5.75 Å². The van der Waals surface area contributed by atoms with E-state index in [0.29, 0.717) is 29.2 Å². The molecule has 0 unspecified atom stereocenters. The molecule has 0 atom stereocenters. The standard InChI is InChI=1S/C23H23FN2O4S/c1-3-30-20-9-7-19(8-10-20)26-31(28,29)21-11-5-18(6-12-21)23(27)25-15-17-4-13-22(24)16(2)14-17/h4-14,26H,3,15H2,1-2H3,(H,25,27). The summed E-state index contributed by atoms with van der Waals surface area (Å²) in [5.74, 6) is -0.00673. The van der Waals surface area contributed by atoms with E-state index in [4.69, 9.17) is 4.74 Å². The highest BCUT2D eigenvalue weighted by molar-refractivity contribution is 7.92. The second-order valence-corrected chi connectivity index (χ2v) is 8.54. The summed E-state index contributed by atoms with van der Waals surface area (Å²) in [7, 11) is -3.80. The fourth-order valence-electron chi connectivity index (χ4n) is 2.89. The minimum absolute atomic E-state index is 0.0343. The van der Waals surface area contributed by atoms with E-state index in [2.05, 4.69) is 10.0 Å². The Bertz CT molecular complexity index is 1160. The quantitative estimate of drug-likeness (QED) is 0.546. The highest BCUT2D eigenvalue weighted by Crippen LogP contribution is 2.20. The highest BCUT2D eigenvalue weighted by atomic mass is 32.2. The molecule has 0 aliphatic carbocycles. The van der Waals surface area contributed by atoms with Crippen LogP contribution in [0.4, 0.5) is 10.1 Å². The van der Waals surface area contributed by atoms with Crippen LogP contribution in [-0.2, 0) is 16.6 Å². The van der Waals surface area contributed by atoms with Crippen LogP contribution in [0.2, 0.25) is 0 Å². The molecule has 0 aliphatic heterocycles. The van der Waals surface area contributed by atoms with Crippen molar-refractivity contribution in [2.24, 2.45) is 0 Å². The van der Waals surface area contributed by atoms with Gasteiger partial charge in [0.05, 0.1) is 11.5 Å². The number of nitrogens with one attached hydrogen (secondary N) is 2. The van der Waals surface area contributed by atoms with Crippen LogP contribution in [0, 0.1) is 12.7 Å². The van der Waals surface area contributed by atoms with Gasteiger partial charge in [0.1, 0.15) is 11.6 Å². The van der Waals surface area contributed by atoms with E-state index in [0.717, 1.165) is 5.56 Å². The van der Waals surface area contributed by atoms with Crippen LogP contribution in [0.1, 0.15) is 28.4 Å². The van der Waals surface area contributed by atoms with Gasteiger partial charge in [-0.25, -0.2) is 12.8 Å². The lowest BCUT2D eigenvalue weighted by Crippen LogP contribution is -2.23. The molecule has 0 bridgehead atoms. The summed E-state index contributed by atoms with van der Waals surface area (Å²) in [5, 5.41) is 2.74. The summed E-state index contributed by atoms with van der Waals surface area (Å²) in [5.41, 5.74) is 1.99. The summed E-state index contributed by atoms with van der Waals surface area (Å²) < 4.78 is 46.3. The van der Waals surface area contributed by atoms with Crippen molar-refractivity contribution in [3.63, 3.8) is 0 Å². The lowest BCUT2D eigenvalue weighted by molar-refractivity contribution is 0.0951. The van der Waals surface area contributed by atoms with Gasteiger partial charge in [0, 0.05) is 17.8 Å². The van der Waals surface area contributed by atoms with Gasteiger partial charge in [0.25, 0.3) is 15.9 Å². The Morgan fingerprint density at radius 2 is 1.68 bits per heavy atom. The first-order valence-electron chi connectivity index (χ1n) is 9.67. The van der Waals surface area contributed by atoms with Gasteiger partial charge in [0.2, 0.25) is 0 Å². The molecule has 8 heteroatoms. The Kier molecular flexibility index (Phi) is 6.91. The van der Waals surface area contributed by atoms with Gasteiger partial charge in [-0.05, 0) is 79.6 Å². The third-order valence-corrected chi connectivity index (χ3v) is 5.92. The van der Waals surface area contributed by atoms with Crippen molar-refractivity contribution >= 4 is 21.6 Å². The number of carbonyl (C=O) groups excluding carboxylic acids is 1. The smallest absolute Gasteiger partial charge is 0.261 e. The van der Waals surface area contributed by atoms with Crippen molar-refractivity contribution in [2.45, 2.75) is 25.3 Å². The van der Waals surface area contributed by atoms with Crippen LogP contribution >= 0.6 is 0 Å². The number of sulfonamides is 1. The van der Waals surface area contributed by atoms with E-state index in [1.54, 1.807) is 43.3 Å². The molecule has 0 saturated heterocycles. The predicted octanol–water partition coefficient (Wildman–Crippen LogP) is 4.26. The molecule has 0 aromatic heterocycles. The topological polar surface area (TPSA) is 84.5 Å². The number of halogens is 1. The third-order valence-electron chi connectivity index (χ3n) is 4.52. The zero-order valence-electron chi connectivity index (χ0n) is 17.2. The van der Waals surface area contributed by atoms with Gasteiger partial charge >= 0.3 is 0 Å². The van der Waals surface area contributed by atoms with Crippen LogP contribution < -0.4 is 14.8 Å². The van der Waals surface area contributed by atoms with Crippen molar-refractivity contribution < 1.29 is 22.3 Å². The largest absolute Gasteiger partial charge is 0.494 e. The average Bonchev–Trinajstić information content (AvgIpc) is 2.76. The summed E-state index contributed by atoms with van der Waals surface area (Å²) in [6, 6.07) is 16.8. The number of rotatable bonds is 8. The Hall–Kier alpha value is -3.39. The second kappa shape index (κ2) is 9.61. The molecule has 1 amide bonds. The molecule has 0 heterocycles. The minimum Gasteiger partial charge on any atom is -0.494 e. The minimum atomic E-state index is -3.80. The first-order valence-corrected chi connectivity index (χ1v) is 11.2. The van der Waals surface area contributed by atoms with Gasteiger partial charge in [-0.2, -0.15) is 0 Å². The molecule has 0 fully saturated rings. The maximum atomic E-state index is 13.3. The molecular formula is C23H23FN2O4S. The number of benzene rings is 3. The Labute approximate surface area is 181 Å². The normalized spacial score (nSPS) is 11.1. The number of amides is 1. The van der Waals surface area contributed by atoms with Crippen LogP contribution in [0.3, 0.4) is 0 Å². The van der Waals surface area contributed by atoms with E-state index in [1.165, 1.54) is 30.3 Å². The van der Waals surface area contributed by atoms with Crippen molar-refractivity contribution in [1.29, 1.82) is 0 Å². The van der Waals surface area contributed by atoms with Crippen LogP contribution in [0.25, 0.3) is 0 Å². The van der Waals surface area contributed by atoms with E-state index in [1.807, 2.05) is 6.92 Å². The average molecular weight is 443 g/mol. The predicted molar refractivity (Wildman–Crippen MR) is 117 cm³/mol. The van der Waals surface area contributed by atoms with Gasteiger partial charge in [-0.15, -0.1) is 0 Å². The van der Waals surface area contributed by atoms with Crippen molar-refractivity contribution in [2.75, 3.05) is 11.3 Å². The van der Waals surface area contributed by atoms with E-state index < -0.39 is 10.0 Å². The maximum Gasteiger partial charge on any atom is 0.261 e. The molecule has 6 nitrogen and oxygen atoms in total. The SMILES string of the molecule is CCOc1ccc(NS(=O)(=O)c2ccc(C(=O)NCc3ccc(F)c(C)c3)cc2)cc1. The highest BCUT2D eigenvalue weighted by Gasteiger charge is 2.15. The summed E-state index contributed by atoms with van der Waals surface area (Å²) in [6.07, 6.45) is 0. The summed E-state index contributed by atoms with van der Waals surface area (Å²) >= 11 is 0. The monoisotopic (exact) mass is 442 g/mol. The molecule has 0 aliphatic rings. The fraction of sp³-hybridized carbons (Fsp3) is 0.174. The number of anilines is 1. The molecule has 162 valence electrons. The summed E-state index contributed by atoms with van der Waals surface area (Å²) in [4.78, 5) is 12.4. The molecular weight excluding hydrogens is 419 g/mol. The van der Waals surface area contributed by atoms with Crippen molar-refractivity contribution in [3.8, 4) is 5.75 Å². The lowest BCUT2D eigenvalue weighted by Gasteiger charge is -2.10. The number of carbonyl (C=O) groups is 1. The third kappa shape index (κ3) is 5.82. The second-order valence-electron chi connectivity index (χ2n) is 6.85. The van der Waals surface area contributed by atoms with Gasteiger partial charge in [0.15, 0.2) is 0 Å². The number of hydrogen-bond donors (Lipinski definition) is 2. The molecule has 0 saturated carbocycles. The zero-order valence-corrected chi connectivity index (χ0v) is 18.0. The fourth-order valence-corrected chi connectivity index (χ4v) is 3.95. The van der Waals surface area contributed by atoms with E-state index in [-0.39, 0.29) is 23.2 Å². The first-order chi connectivity index (χ1) is 14.8. The lowest BCUT2D eigenvalue weighted by atomic mass is 10.1. The molecule has 3 rings (SSSR count). The van der Waals surface area contributed by atoms with Crippen LogP contribution in [0.15, 0.2) is 71.6 Å².